The number of phenols is 1. The minimum absolute atomic E-state index is 0.0386. The summed E-state index contributed by atoms with van der Waals surface area (Å²) in [5, 5.41) is 8.88. The van der Waals surface area contributed by atoms with Crippen LogP contribution in [-0.2, 0) is 0 Å². The SMILES string of the molecule is CC.Cc1ccc(S(F)(F)(F)(F)F)cc1O. The van der Waals surface area contributed by atoms with Gasteiger partial charge in [0, 0.05) is 6.07 Å². The summed E-state index contributed by atoms with van der Waals surface area (Å²) in [5.41, 5.74) is 0.107. The highest BCUT2D eigenvalue weighted by Gasteiger charge is 2.65. The highest BCUT2D eigenvalue weighted by Crippen LogP contribution is 3.02. The Kier molecular flexibility index (Phi) is 3.30. The molecule has 0 aliphatic carbocycles. The van der Waals surface area contributed by atoms with Crippen LogP contribution in [0.2, 0.25) is 0 Å². The minimum Gasteiger partial charge on any atom is -0.508 e. The molecule has 0 radical (unpaired) electrons. The molecule has 1 aromatic rings. The van der Waals surface area contributed by atoms with Gasteiger partial charge in [-0.05, 0) is 18.6 Å². The van der Waals surface area contributed by atoms with Gasteiger partial charge < -0.3 is 5.11 Å². The van der Waals surface area contributed by atoms with E-state index in [1.807, 2.05) is 13.8 Å². The molecule has 1 aromatic carbocycles. The van der Waals surface area contributed by atoms with Gasteiger partial charge in [-0.15, -0.1) is 0 Å². The summed E-state index contributed by atoms with van der Waals surface area (Å²) >= 11 is 0. The smallest absolute Gasteiger partial charge is 0.310 e. The fourth-order valence-electron chi connectivity index (χ4n) is 0.829. The van der Waals surface area contributed by atoms with Gasteiger partial charge in [-0.25, -0.2) is 0 Å². The van der Waals surface area contributed by atoms with Gasteiger partial charge in [0.2, 0.25) is 0 Å². The van der Waals surface area contributed by atoms with E-state index >= 15 is 0 Å². The van der Waals surface area contributed by atoms with Crippen LogP contribution in [0.25, 0.3) is 0 Å². The van der Waals surface area contributed by atoms with Crippen molar-refractivity contribution < 1.29 is 24.5 Å². The van der Waals surface area contributed by atoms with Crippen molar-refractivity contribution in [3.8, 4) is 5.75 Å². The Morgan fingerprint density at radius 2 is 1.44 bits per heavy atom. The summed E-state index contributed by atoms with van der Waals surface area (Å²) in [6.45, 7) is 5.31. The average Bonchev–Trinajstić information content (AvgIpc) is 2.09. The lowest BCUT2D eigenvalue weighted by Gasteiger charge is -2.40. The second-order valence-corrected chi connectivity index (χ2v) is 5.33. The van der Waals surface area contributed by atoms with Crippen molar-refractivity contribution in [1.82, 2.24) is 0 Å². The summed E-state index contributed by atoms with van der Waals surface area (Å²) in [7, 11) is -9.65. The lowest BCUT2D eigenvalue weighted by atomic mass is 10.2. The third-order valence-electron chi connectivity index (χ3n) is 1.63. The molecule has 0 saturated heterocycles. The average molecular weight is 264 g/mol. The molecule has 0 bridgehead atoms. The van der Waals surface area contributed by atoms with E-state index in [-0.39, 0.29) is 17.7 Å². The number of phenolic OH excluding ortho intramolecular Hbond substituents is 1. The van der Waals surface area contributed by atoms with Gasteiger partial charge in [-0.3, -0.25) is 0 Å². The number of hydrogen-bond donors (Lipinski definition) is 1. The van der Waals surface area contributed by atoms with Gasteiger partial charge in [0.15, 0.2) is 0 Å². The first-order valence-corrected chi connectivity index (χ1v) is 6.39. The number of rotatable bonds is 1. The van der Waals surface area contributed by atoms with Gasteiger partial charge in [-0.2, -0.15) is 0 Å². The number of aromatic hydroxyl groups is 1. The first kappa shape index (κ1) is 15.0. The van der Waals surface area contributed by atoms with Crippen LogP contribution in [0, 0.1) is 6.92 Å². The maximum absolute atomic E-state index is 12.1. The van der Waals surface area contributed by atoms with Gasteiger partial charge in [0.1, 0.15) is 10.6 Å². The van der Waals surface area contributed by atoms with Gasteiger partial charge in [-0.1, -0.05) is 39.3 Å². The molecule has 1 rings (SSSR count). The molecule has 1 N–H and O–H groups in total. The molecule has 0 aliphatic heterocycles. The maximum atomic E-state index is 12.1. The van der Waals surface area contributed by atoms with Crippen molar-refractivity contribution in [3.05, 3.63) is 23.8 Å². The van der Waals surface area contributed by atoms with Crippen LogP contribution in [0.4, 0.5) is 19.4 Å². The van der Waals surface area contributed by atoms with Gasteiger partial charge >= 0.3 is 10.2 Å². The zero-order valence-corrected chi connectivity index (χ0v) is 9.79. The molecule has 0 spiro atoms. The Balaban J connectivity index is 0.00000106. The number of hydrogen-bond acceptors (Lipinski definition) is 1. The van der Waals surface area contributed by atoms with Crippen LogP contribution in [-0.4, -0.2) is 5.11 Å². The number of halogens is 5. The van der Waals surface area contributed by atoms with E-state index in [1.165, 1.54) is 6.92 Å². The molecular weight excluding hydrogens is 251 g/mol. The normalized spacial score (nSPS) is 15.5. The Bertz CT molecular complexity index is 384. The Labute approximate surface area is 90.6 Å². The van der Waals surface area contributed by atoms with Crippen molar-refractivity contribution >= 4 is 10.2 Å². The quantitative estimate of drug-likeness (QED) is 0.675. The maximum Gasteiger partial charge on any atom is 0.310 e. The van der Waals surface area contributed by atoms with Gasteiger partial charge in [0.25, 0.3) is 0 Å². The van der Waals surface area contributed by atoms with Crippen LogP contribution in [0.1, 0.15) is 19.4 Å². The molecule has 7 heteroatoms. The second-order valence-electron chi connectivity index (χ2n) is 2.92. The third-order valence-corrected chi connectivity index (χ3v) is 2.77. The molecule has 0 aliphatic rings. The van der Waals surface area contributed by atoms with E-state index < -0.39 is 20.9 Å². The summed E-state index contributed by atoms with van der Waals surface area (Å²) in [6, 6.07) is 1.09. The van der Waals surface area contributed by atoms with E-state index in [0.29, 0.717) is 0 Å². The Morgan fingerprint density at radius 1 is 1.00 bits per heavy atom. The molecule has 96 valence electrons. The molecule has 0 fully saturated rings. The van der Waals surface area contributed by atoms with Crippen LogP contribution >= 0.6 is 10.2 Å². The third kappa shape index (κ3) is 3.88. The Morgan fingerprint density at radius 3 is 1.75 bits per heavy atom. The monoisotopic (exact) mass is 264 g/mol. The molecule has 0 amide bonds. The fraction of sp³-hybridized carbons (Fsp3) is 0.333. The molecular formula is C9H13F5OS. The van der Waals surface area contributed by atoms with Crippen LogP contribution in [0.3, 0.4) is 0 Å². The lowest BCUT2D eigenvalue weighted by Crippen LogP contribution is -2.05. The van der Waals surface area contributed by atoms with Crippen molar-refractivity contribution in [2.24, 2.45) is 0 Å². The van der Waals surface area contributed by atoms with E-state index in [2.05, 4.69) is 0 Å². The molecule has 0 heterocycles. The zero-order chi connectivity index (χ0) is 13.3. The summed E-state index contributed by atoms with van der Waals surface area (Å²) < 4.78 is 60.7. The molecule has 16 heavy (non-hydrogen) atoms. The van der Waals surface area contributed by atoms with Crippen molar-refractivity contribution in [3.63, 3.8) is 0 Å². The van der Waals surface area contributed by atoms with Crippen LogP contribution in [0.15, 0.2) is 23.1 Å². The minimum atomic E-state index is -9.65. The second kappa shape index (κ2) is 3.51. The van der Waals surface area contributed by atoms with Crippen LogP contribution in [0.5, 0.6) is 5.75 Å². The van der Waals surface area contributed by atoms with E-state index in [4.69, 9.17) is 5.11 Å². The molecule has 0 saturated carbocycles. The topological polar surface area (TPSA) is 20.2 Å². The lowest BCUT2D eigenvalue weighted by molar-refractivity contribution is 0.362. The fourth-order valence-corrected chi connectivity index (χ4v) is 1.49. The van der Waals surface area contributed by atoms with E-state index in [9.17, 15) is 19.4 Å². The highest BCUT2D eigenvalue weighted by atomic mass is 32.5. The summed E-state index contributed by atoms with van der Waals surface area (Å²) in [5.74, 6) is -0.796. The first-order chi connectivity index (χ1) is 6.90. The van der Waals surface area contributed by atoms with Crippen LogP contribution < -0.4 is 0 Å². The zero-order valence-electron chi connectivity index (χ0n) is 8.98. The van der Waals surface area contributed by atoms with Crippen molar-refractivity contribution in [2.75, 3.05) is 0 Å². The number of aryl methyl sites for hydroxylation is 1. The van der Waals surface area contributed by atoms with Gasteiger partial charge in [0.05, 0.1) is 0 Å². The predicted octanol–water partition coefficient (Wildman–Crippen LogP) is 5.38. The van der Waals surface area contributed by atoms with E-state index in [0.717, 1.165) is 6.07 Å². The molecule has 0 atom stereocenters. The standard InChI is InChI=1S/C7H7F5OS.C2H6/c1-5-2-3-6(4-7(5)13)14(8,9,10,11)12;1-2/h2-4,13H,1H3;1-2H3. The Hall–Kier alpha value is -0.980. The molecule has 0 aromatic heterocycles. The summed E-state index contributed by atoms with van der Waals surface area (Å²) in [4.78, 5) is -2.08. The predicted molar refractivity (Wildman–Crippen MR) is 55.6 cm³/mol. The number of benzene rings is 1. The summed E-state index contributed by atoms with van der Waals surface area (Å²) in [6.07, 6.45) is 0. The molecule has 0 unspecified atom stereocenters. The van der Waals surface area contributed by atoms with E-state index in [1.54, 1.807) is 0 Å². The first-order valence-electron chi connectivity index (χ1n) is 4.44. The van der Waals surface area contributed by atoms with Crippen molar-refractivity contribution in [2.45, 2.75) is 25.7 Å². The van der Waals surface area contributed by atoms with Crippen molar-refractivity contribution in [1.29, 1.82) is 0 Å². The highest BCUT2D eigenvalue weighted by molar-refractivity contribution is 8.45. The largest absolute Gasteiger partial charge is 0.508 e. The molecule has 1 nitrogen and oxygen atoms in total.